The van der Waals surface area contributed by atoms with E-state index in [0.29, 0.717) is 26.1 Å². The van der Waals surface area contributed by atoms with E-state index in [0.717, 1.165) is 0 Å². The quantitative estimate of drug-likeness (QED) is 0.751. The molecule has 0 radical (unpaired) electrons. The van der Waals surface area contributed by atoms with E-state index in [2.05, 4.69) is 0 Å². The Kier molecular flexibility index (Phi) is 3.65. The van der Waals surface area contributed by atoms with Crippen LogP contribution in [0.25, 0.3) is 0 Å². The lowest BCUT2D eigenvalue weighted by Crippen LogP contribution is -2.45. The van der Waals surface area contributed by atoms with Crippen molar-refractivity contribution in [3.63, 3.8) is 0 Å². The van der Waals surface area contributed by atoms with Crippen LogP contribution in [0.4, 0.5) is 0 Å². The molecule has 0 aromatic rings. The van der Waals surface area contributed by atoms with Crippen molar-refractivity contribution in [1.29, 1.82) is 0 Å². The molecule has 0 saturated carbocycles. The minimum atomic E-state index is -0.732. The molecule has 94 valence electrons. The molecule has 1 unspecified atom stereocenters. The third-order valence-electron chi connectivity index (χ3n) is 2.87. The third-order valence-corrected chi connectivity index (χ3v) is 2.87. The van der Waals surface area contributed by atoms with Crippen LogP contribution in [0.5, 0.6) is 0 Å². The standard InChI is InChI=1S/C12H24N2O2/c1-11(2,3)10(15)14-7-6-12(16,9-14)8-13(4)5/h16H,6-9H2,1-5H3. The van der Waals surface area contributed by atoms with Gasteiger partial charge in [-0.1, -0.05) is 20.8 Å². The van der Waals surface area contributed by atoms with Gasteiger partial charge in [-0.3, -0.25) is 4.79 Å². The van der Waals surface area contributed by atoms with Crippen LogP contribution >= 0.6 is 0 Å². The van der Waals surface area contributed by atoms with Gasteiger partial charge in [-0.15, -0.1) is 0 Å². The fourth-order valence-corrected chi connectivity index (χ4v) is 2.22. The molecular weight excluding hydrogens is 204 g/mol. The van der Waals surface area contributed by atoms with Crippen LogP contribution < -0.4 is 0 Å². The fourth-order valence-electron chi connectivity index (χ4n) is 2.22. The zero-order valence-corrected chi connectivity index (χ0v) is 11.1. The maximum atomic E-state index is 12.0. The highest BCUT2D eigenvalue weighted by atomic mass is 16.3. The van der Waals surface area contributed by atoms with Gasteiger partial charge in [0.25, 0.3) is 0 Å². The highest BCUT2D eigenvalue weighted by Gasteiger charge is 2.40. The maximum absolute atomic E-state index is 12.0. The number of carbonyl (C=O) groups excluding carboxylic acids is 1. The summed E-state index contributed by atoms with van der Waals surface area (Å²) in [6.07, 6.45) is 0.674. The molecule has 0 bridgehead atoms. The van der Waals surface area contributed by atoms with Crippen LogP contribution in [0.15, 0.2) is 0 Å². The van der Waals surface area contributed by atoms with Crippen molar-refractivity contribution in [2.45, 2.75) is 32.8 Å². The zero-order chi connectivity index (χ0) is 12.6. The molecule has 1 rings (SSSR count). The number of hydrogen-bond donors (Lipinski definition) is 1. The number of β-amino-alcohol motifs (C(OH)–C–C–N with tert-alkyl or cyclic N) is 1. The van der Waals surface area contributed by atoms with E-state index in [9.17, 15) is 9.90 Å². The summed E-state index contributed by atoms with van der Waals surface area (Å²) in [7, 11) is 3.87. The van der Waals surface area contributed by atoms with Crippen molar-refractivity contribution >= 4 is 5.91 Å². The summed E-state index contributed by atoms with van der Waals surface area (Å²) in [6.45, 7) is 7.48. The molecule has 0 aromatic heterocycles. The van der Waals surface area contributed by atoms with Crippen LogP contribution in [-0.2, 0) is 4.79 Å². The molecule has 1 amide bonds. The summed E-state index contributed by atoms with van der Waals surface area (Å²) < 4.78 is 0. The number of hydrogen-bond acceptors (Lipinski definition) is 3. The number of likely N-dealkylation sites (N-methyl/N-ethyl adjacent to an activating group) is 1. The topological polar surface area (TPSA) is 43.8 Å². The van der Waals surface area contributed by atoms with E-state index in [-0.39, 0.29) is 11.3 Å². The van der Waals surface area contributed by atoms with Crippen molar-refractivity contribution in [1.82, 2.24) is 9.80 Å². The van der Waals surface area contributed by atoms with Crippen LogP contribution in [0.2, 0.25) is 0 Å². The Balaban J connectivity index is 2.62. The first kappa shape index (κ1) is 13.5. The molecule has 4 nitrogen and oxygen atoms in total. The normalized spacial score (nSPS) is 26.6. The minimum Gasteiger partial charge on any atom is -0.387 e. The van der Waals surface area contributed by atoms with Gasteiger partial charge in [0, 0.05) is 18.5 Å². The van der Waals surface area contributed by atoms with E-state index in [1.807, 2.05) is 39.8 Å². The molecule has 0 spiro atoms. The molecule has 0 aromatic carbocycles. The summed E-state index contributed by atoms with van der Waals surface area (Å²) >= 11 is 0. The number of likely N-dealkylation sites (tertiary alicyclic amines) is 1. The van der Waals surface area contributed by atoms with Crippen molar-refractivity contribution in [2.75, 3.05) is 33.7 Å². The number of aliphatic hydroxyl groups is 1. The highest BCUT2D eigenvalue weighted by molar-refractivity contribution is 5.81. The van der Waals surface area contributed by atoms with Crippen LogP contribution in [-0.4, -0.2) is 60.1 Å². The number of amides is 1. The van der Waals surface area contributed by atoms with E-state index < -0.39 is 5.60 Å². The summed E-state index contributed by atoms with van der Waals surface area (Å²) in [6, 6.07) is 0. The van der Waals surface area contributed by atoms with Gasteiger partial charge in [-0.2, -0.15) is 0 Å². The lowest BCUT2D eigenvalue weighted by atomic mass is 9.95. The molecular formula is C12H24N2O2. The molecule has 1 fully saturated rings. The molecule has 1 N–H and O–H groups in total. The first-order valence-electron chi connectivity index (χ1n) is 5.81. The maximum Gasteiger partial charge on any atom is 0.228 e. The van der Waals surface area contributed by atoms with Gasteiger partial charge < -0.3 is 14.9 Å². The Morgan fingerprint density at radius 3 is 2.44 bits per heavy atom. The number of rotatable bonds is 2. The fraction of sp³-hybridized carbons (Fsp3) is 0.917. The van der Waals surface area contributed by atoms with Crippen LogP contribution in [0.3, 0.4) is 0 Å². The molecule has 1 saturated heterocycles. The van der Waals surface area contributed by atoms with Crippen LogP contribution in [0.1, 0.15) is 27.2 Å². The number of carbonyl (C=O) groups is 1. The summed E-state index contributed by atoms with van der Waals surface area (Å²) in [5.74, 6) is 0.127. The monoisotopic (exact) mass is 228 g/mol. The Morgan fingerprint density at radius 1 is 1.44 bits per heavy atom. The van der Waals surface area contributed by atoms with Crippen molar-refractivity contribution in [3.05, 3.63) is 0 Å². The molecule has 0 aliphatic carbocycles. The Labute approximate surface area is 98.2 Å². The minimum absolute atomic E-state index is 0.127. The van der Waals surface area contributed by atoms with E-state index in [1.165, 1.54) is 0 Å². The zero-order valence-electron chi connectivity index (χ0n) is 11.1. The van der Waals surface area contributed by atoms with Gasteiger partial charge in [-0.05, 0) is 20.5 Å². The van der Waals surface area contributed by atoms with Gasteiger partial charge in [-0.25, -0.2) is 0 Å². The summed E-state index contributed by atoms with van der Waals surface area (Å²) in [4.78, 5) is 15.8. The average molecular weight is 228 g/mol. The van der Waals surface area contributed by atoms with Gasteiger partial charge in [0.05, 0.1) is 12.1 Å². The molecule has 1 aliphatic heterocycles. The van der Waals surface area contributed by atoms with Crippen LogP contribution in [0, 0.1) is 5.41 Å². The number of nitrogens with zero attached hydrogens (tertiary/aromatic N) is 2. The predicted molar refractivity (Wildman–Crippen MR) is 64.2 cm³/mol. The second-order valence-corrected chi connectivity index (χ2v) is 6.19. The lowest BCUT2D eigenvalue weighted by Gasteiger charge is -2.29. The smallest absolute Gasteiger partial charge is 0.228 e. The molecule has 1 aliphatic rings. The molecule has 4 heteroatoms. The Bertz CT molecular complexity index is 271. The highest BCUT2D eigenvalue weighted by Crippen LogP contribution is 2.26. The predicted octanol–water partition coefficient (Wildman–Crippen LogP) is 0.557. The molecule has 1 atom stereocenters. The Hall–Kier alpha value is -0.610. The summed E-state index contributed by atoms with van der Waals surface area (Å²) in [5.41, 5.74) is -1.09. The average Bonchev–Trinajstić information content (AvgIpc) is 2.43. The van der Waals surface area contributed by atoms with Gasteiger partial charge in [0.1, 0.15) is 0 Å². The van der Waals surface area contributed by atoms with Crippen molar-refractivity contribution in [3.8, 4) is 0 Å². The summed E-state index contributed by atoms with van der Waals surface area (Å²) in [5, 5.41) is 10.3. The third kappa shape index (κ3) is 3.19. The van der Waals surface area contributed by atoms with E-state index in [4.69, 9.17) is 0 Å². The second kappa shape index (κ2) is 4.34. The van der Waals surface area contributed by atoms with Gasteiger partial charge in [0.2, 0.25) is 5.91 Å². The van der Waals surface area contributed by atoms with E-state index >= 15 is 0 Å². The molecule has 1 heterocycles. The lowest BCUT2D eigenvalue weighted by molar-refractivity contribution is -0.139. The van der Waals surface area contributed by atoms with Gasteiger partial charge >= 0.3 is 0 Å². The SMILES string of the molecule is CN(C)CC1(O)CCN(C(=O)C(C)(C)C)C1. The second-order valence-electron chi connectivity index (χ2n) is 6.19. The van der Waals surface area contributed by atoms with E-state index in [1.54, 1.807) is 4.90 Å². The Morgan fingerprint density at radius 2 is 2.00 bits per heavy atom. The van der Waals surface area contributed by atoms with Crippen molar-refractivity contribution in [2.24, 2.45) is 5.41 Å². The largest absolute Gasteiger partial charge is 0.387 e. The first-order valence-corrected chi connectivity index (χ1v) is 5.81. The van der Waals surface area contributed by atoms with Crippen molar-refractivity contribution < 1.29 is 9.90 Å². The molecule has 16 heavy (non-hydrogen) atoms. The first-order chi connectivity index (χ1) is 7.14. The van der Waals surface area contributed by atoms with Gasteiger partial charge in [0.15, 0.2) is 0 Å².